The number of amides is 2. The van der Waals surface area contributed by atoms with E-state index in [-0.39, 0.29) is 17.4 Å². The molecule has 0 bridgehead atoms. The molecule has 2 aromatic carbocycles. The Labute approximate surface area is 187 Å². The minimum absolute atomic E-state index is 0.0834. The van der Waals surface area contributed by atoms with Gasteiger partial charge < -0.3 is 10.6 Å². The summed E-state index contributed by atoms with van der Waals surface area (Å²) in [4.78, 5) is 37.2. The zero-order chi connectivity index (χ0) is 23.4. The zero-order valence-corrected chi connectivity index (χ0v) is 19.0. The topological polar surface area (TPSA) is 93.1 Å². The van der Waals surface area contributed by atoms with Crippen molar-refractivity contribution in [2.45, 2.75) is 47.1 Å². The Hall–Kier alpha value is -3.74. The van der Waals surface area contributed by atoms with E-state index in [1.807, 2.05) is 57.2 Å². The van der Waals surface area contributed by atoms with Gasteiger partial charge in [0.1, 0.15) is 6.04 Å². The lowest BCUT2D eigenvalue weighted by Gasteiger charge is -2.17. The number of nitrogens with one attached hydrogen (secondary N) is 2. The van der Waals surface area contributed by atoms with E-state index in [9.17, 15) is 14.4 Å². The van der Waals surface area contributed by atoms with Crippen LogP contribution in [0.25, 0.3) is 11.3 Å². The summed E-state index contributed by atoms with van der Waals surface area (Å²) in [5.74, 6) is -0.412. The Kier molecular flexibility index (Phi) is 6.88. The van der Waals surface area contributed by atoms with E-state index >= 15 is 0 Å². The predicted molar refractivity (Wildman–Crippen MR) is 127 cm³/mol. The zero-order valence-electron chi connectivity index (χ0n) is 19.0. The van der Waals surface area contributed by atoms with Crippen LogP contribution in [0.15, 0.2) is 53.3 Å². The van der Waals surface area contributed by atoms with Gasteiger partial charge in [0.25, 0.3) is 5.56 Å². The molecule has 2 N–H and O–H groups in total. The molecular weight excluding hydrogens is 404 g/mol. The van der Waals surface area contributed by atoms with E-state index in [4.69, 9.17) is 0 Å². The third kappa shape index (κ3) is 5.11. The standard InChI is InChI=1S/C25H28N4O3/c1-6-23(30)26-22-14-19(10-9-17(22)4)20-11-12-24(31)29(28-20)18(5)25(32)27-21-13-15(2)7-8-16(21)3/h7-14,18H,6H2,1-5H3,(H,26,30)(H,27,32). The summed E-state index contributed by atoms with van der Waals surface area (Å²) in [5, 5.41) is 10.2. The molecule has 0 spiro atoms. The summed E-state index contributed by atoms with van der Waals surface area (Å²) >= 11 is 0. The van der Waals surface area contributed by atoms with Crippen molar-refractivity contribution in [2.24, 2.45) is 0 Å². The van der Waals surface area contributed by atoms with Gasteiger partial charge in [-0.2, -0.15) is 5.10 Å². The first kappa shape index (κ1) is 22.9. The van der Waals surface area contributed by atoms with Crippen molar-refractivity contribution in [3.8, 4) is 11.3 Å². The van der Waals surface area contributed by atoms with Crippen molar-refractivity contribution < 1.29 is 9.59 Å². The molecule has 0 saturated carbocycles. The molecule has 0 aliphatic rings. The summed E-state index contributed by atoms with van der Waals surface area (Å²) < 4.78 is 1.18. The molecule has 0 aliphatic heterocycles. The van der Waals surface area contributed by atoms with Gasteiger partial charge in [-0.25, -0.2) is 4.68 Å². The fourth-order valence-electron chi connectivity index (χ4n) is 3.23. The summed E-state index contributed by atoms with van der Waals surface area (Å²) in [6.07, 6.45) is 0.375. The Morgan fingerprint density at radius 3 is 2.28 bits per heavy atom. The summed E-state index contributed by atoms with van der Waals surface area (Å²) in [6.45, 7) is 9.20. The van der Waals surface area contributed by atoms with Crippen molar-refractivity contribution in [1.82, 2.24) is 9.78 Å². The van der Waals surface area contributed by atoms with Gasteiger partial charge in [-0.15, -0.1) is 0 Å². The van der Waals surface area contributed by atoms with Crippen molar-refractivity contribution >= 4 is 23.2 Å². The number of benzene rings is 2. The summed E-state index contributed by atoms with van der Waals surface area (Å²) in [7, 11) is 0. The number of hydrogen-bond donors (Lipinski definition) is 2. The third-order valence-electron chi connectivity index (χ3n) is 5.35. The molecular formula is C25H28N4O3. The van der Waals surface area contributed by atoms with Gasteiger partial charge in [-0.05, 0) is 62.6 Å². The van der Waals surface area contributed by atoms with Crippen LogP contribution in [0, 0.1) is 20.8 Å². The lowest BCUT2D eigenvalue weighted by Crippen LogP contribution is -2.33. The number of anilines is 2. The Balaban J connectivity index is 1.91. The van der Waals surface area contributed by atoms with Crippen LogP contribution in [0.5, 0.6) is 0 Å². The quantitative estimate of drug-likeness (QED) is 0.604. The fraction of sp³-hybridized carbons (Fsp3) is 0.280. The number of aromatic nitrogens is 2. The van der Waals surface area contributed by atoms with Crippen molar-refractivity contribution in [3.05, 3.63) is 75.6 Å². The smallest absolute Gasteiger partial charge is 0.267 e. The highest BCUT2D eigenvalue weighted by Gasteiger charge is 2.19. The van der Waals surface area contributed by atoms with Crippen LogP contribution < -0.4 is 16.2 Å². The molecule has 0 fully saturated rings. The maximum Gasteiger partial charge on any atom is 0.267 e. The van der Waals surface area contributed by atoms with Crippen molar-refractivity contribution in [1.29, 1.82) is 0 Å². The van der Waals surface area contributed by atoms with Crippen LogP contribution >= 0.6 is 0 Å². The molecule has 0 radical (unpaired) electrons. The van der Waals surface area contributed by atoms with Crippen LogP contribution in [0.1, 0.15) is 43.0 Å². The van der Waals surface area contributed by atoms with Crippen LogP contribution in [0.2, 0.25) is 0 Å². The van der Waals surface area contributed by atoms with E-state index < -0.39 is 6.04 Å². The number of hydrogen-bond acceptors (Lipinski definition) is 4. The second-order valence-corrected chi connectivity index (χ2v) is 7.92. The van der Waals surface area contributed by atoms with E-state index in [2.05, 4.69) is 15.7 Å². The molecule has 1 atom stereocenters. The molecule has 1 unspecified atom stereocenters. The lowest BCUT2D eigenvalue weighted by atomic mass is 10.1. The van der Waals surface area contributed by atoms with Gasteiger partial charge in [0.05, 0.1) is 5.69 Å². The number of carbonyl (C=O) groups excluding carboxylic acids is 2. The fourth-order valence-corrected chi connectivity index (χ4v) is 3.23. The number of aryl methyl sites for hydroxylation is 3. The Morgan fingerprint density at radius 1 is 0.938 bits per heavy atom. The minimum Gasteiger partial charge on any atom is -0.326 e. The van der Waals surface area contributed by atoms with E-state index in [1.54, 1.807) is 19.9 Å². The average molecular weight is 433 g/mol. The second kappa shape index (κ2) is 9.60. The molecule has 0 aliphatic carbocycles. The SMILES string of the molecule is CCC(=O)Nc1cc(-c2ccc(=O)n(C(C)C(=O)Nc3cc(C)ccc3C)n2)ccc1C. The average Bonchev–Trinajstić information content (AvgIpc) is 2.77. The summed E-state index contributed by atoms with van der Waals surface area (Å²) in [6, 6.07) is 13.6. The first-order valence-electron chi connectivity index (χ1n) is 10.6. The maximum absolute atomic E-state index is 12.9. The highest BCUT2D eigenvalue weighted by Crippen LogP contribution is 2.24. The molecule has 7 heteroatoms. The molecule has 2 amide bonds. The number of nitrogens with zero attached hydrogens (tertiary/aromatic N) is 2. The monoisotopic (exact) mass is 432 g/mol. The minimum atomic E-state index is -0.813. The highest BCUT2D eigenvalue weighted by molar-refractivity contribution is 5.94. The largest absolute Gasteiger partial charge is 0.326 e. The number of rotatable bonds is 6. The van der Waals surface area contributed by atoms with Gasteiger partial charge in [-0.1, -0.05) is 31.2 Å². The lowest BCUT2D eigenvalue weighted by molar-refractivity contribution is -0.119. The van der Waals surface area contributed by atoms with Crippen LogP contribution in [-0.4, -0.2) is 21.6 Å². The first-order valence-corrected chi connectivity index (χ1v) is 10.6. The molecule has 0 saturated heterocycles. The highest BCUT2D eigenvalue weighted by atomic mass is 16.2. The molecule has 7 nitrogen and oxygen atoms in total. The van der Waals surface area contributed by atoms with Crippen molar-refractivity contribution in [3.63, 3.8) is 0 Å². The van der Waals surface area contributed by atoms with E-state index in [1.165, 1.54) is 10.7 Å². The van der Waals surface area contributed by atoms with E-state index in [0.717, 1.165) is 22.3 Å². The van der Waals surface area contributed by atoms with Crippen LogP contribution in [-0.2, 0) is 9.59 Å². The molecule has 3 aromatic rings. The second-order valence-electron chi connectivity index (χ2n) is 7.92. The van der Waals surface area contributed by atoms with Gasteiger partial charge in [0.2, 0.25) is 11.8 Å². The van der Waals surface area contributed by atoms with Crippen LogP contribution in [0.3, 0.4) is 0 Å². The maximum atomic E-state index is 12.9. The number of carbonyl (C=O) groups is 2. The van der Waals surface area contributed by atoms with Crippen LogP contribution in [0.4, 0.5) is 11.4 Å². The molecule has 1 aromatic heterocycles. The Bertz CT molecular complexity index is 1230. The molecule has 1 heterocycles. The van der Waals surface area contributed by atoms with Gasteiger partial charge in [0, 0.05) is 29.4 Å². The predicted octanol–water partition coefficient (Wildman–Crippen LogP) is 4.38. The third-order valence-corrected chi connectivity index (χ3v) is 5.35. The van der Waals surface area contributed by atoms with Crippen molar-refractivity contribution in [2.75, 3.05) is 10.6 Å². The van der Waals surface area contributed by atoms with Gasteiger partial charge in [-0.3, -0.25) is 14.4 Å². The van der Waals surface area contributed by atoms with Gasteiger partial charge >= 0.3 is 0 Å². The molecule has 166 valence electrons. The normalized spacial score (nSPS) is 11.7. The molecule has 3 rings (SSSR count). The summed E-state index contributed by atoms with van der Waals surface area (Å²) in [5.41, 5.74) is 5.18. The van der Waals surface area contributed by atoms with Gasteiger partial charge in [0.15, 0.2) is 0 Å². The van der Waals surface area contributed by atoms with E-state index in [0.29, 0.717) is 23.5 Å². The first-order chi connectivity index (χ1) is 15.2. The molecule has 32 heavy (non-hydrogen) atoms. The Morgan fingerprint density at radius 2 is 1.59 bits per heavy atom.